The monoisotopic (exact) mass is 1240 g/mol. The van der Waals surface area contributed by atoms with Crippen molar-refractivity contribution < 1.29 is 82.6 Å². The molecule has 2 rings (SSSR count). The molecule has 30 heteroatoms. The van der Waals surface area contributed by atoms with Crippen LogP contribution in [0.5, 0.6) is 0 Å². The van der Waals surface area contributed by atoms with Gasteiger partial charge in [-0.05, 0) is 76.8 Å². The summed E-state index contributed by atoms with van der Waals surface area (Å²) in [6.07, 6.45) is -4.37. The van der Waals surface area contributed by atoms with E-state index < -0.39 is 169 Å². The van der Waals surface area contributed by atoms with E-state index in [-0.39, 0.29) is 38.8 Å². The number of amides is 10. The molecule has 0 bridgehead atoms. The Hall–Kier alpha value is -8.64. The molecule has 0 fully saturated rings. The number of carboxylic acid groups (broad SMARTS) is 1. The molecule has 0 unspecified atom stereocenters. The van der Waals surface area contributed by atoms with Crippen LogP contribution in [-0.4, -0.2) is 178 Å². The Kier molecular flexibility index (Phi) is 32.4. The molecule has 0 radical (unpaired) electrons. The van der Waals surface area contributed by atoms with Crippen molar-refractivity contribution in [3.05, 3.63) is 71.8 Å². The number of carbonyl (C=O) groups is 11. The Labute approximate surface area is 512 Å². The van der Waals surface area contributed by atoms with Gasteiger partial charge in [0.1, 0.15) is 60.5 Å². The number of hydrogen-bond donors (Lipinski definition) is 17. The number of unbranched alkanes of at least 4 members (excludes halogenated alkanes) is 1. The summed E-state index contributed by atoms with van der Waals surface area (Å²) in [5.41, 5.74) is 5.39. The summed E-state index contributed by atoms with van der Waals surface area (Å²) in [6.45, 7) is 13.5. The highest BCUT2D eigenvalue weighted by Crippen LogP contribution is 2.21. The zero-order valence-corrected chi connectivity index (χ0v) is 51.5. The summed E-state index contributed by atoms with van der Waals surface area (Å²) < 4.78 is 11.0. The summed E-state index contributed by atoms with van der Waals surface area (Å²) in [4.78, 5) is 149. The van der Waals surface area contributed by atoms with Gasteiger partial charge in [-0.25, -0.2) is 14.4 Å². The number of carbonyl (C=O) groups excluding carboxylic acids is 10. The third-order valence-corrected chi connectivity index (χ3v) is 13.5. The Morgan fingerprint density at radius 3 is 1.65 bits per heavy atom. The number of aliphatic carboxylic acids is 1. The first-order valence-corrected chi connectivity index (χ1v) is 29.0. The number of aliphatic hydroxyl groups excluding tert-OH is 3. The first-order valence-electron chi connectivity index (χ1n) is 29.0. The number of rotatable bonds is 36. The minimum atomic E-state index is -1.85. The van der Waals surface area contributed by atoms with Gasteiger partial charge in [-0.3, -0.25) is 43.8 Å². The van der Waals surface area contributed by atoms with E-state index in [1.807, 2.05) is 12.2 Å². The lowest BCUT2D eigenvalue weighted by atomic mass is 9.95. The smallest absolute Gasteiger partial charge is 0.408 e. The first-order chi connectivity index (χ1) is 41.3. The van der Waals surface area contributed by atoms with Gasteiger partial charge in [-0.15, -0.1) is 0 Å². The normalized spacial score (nSPS) is 15.3. The second-order valence-electron chi connectivity index (χ2n) is 22.4. The summed E-state index contributed by atoms with van der Waals surface area (Å²) in [6, 6.07) is 2.56. The number of nitrogens with two attached hydrogens (primary N) is 1. The fourth-order valence-corrected chi connectivity index (χ4v) is 8.31. The lowest BCUT2D eigenvalue weighted by molar-refractivity contribution is -0.143. The molecule has 2 aromatic rings. The number of nitrogens with one attached hydrogen (secondary N) is 12. The van der Waals surface area contributed by atoms with Crippen molar-refractivity contribution >= 4 is 71.4 Å². The van der Waals surface area contributed by atoms with Gasteiger partial charge in [0.25, 0.3) is 0 Å². The van der Waals surface area contributed by atoms with E-state index in [2.05, 4.69) is 53.2 Å². The van der Waals surface area contributed by atoms with Gasteiger partial charge in [0.15, 0.2) is 5.96 Å². The molecule has 0 saturated heterocycles. The van der Waals surface area contributed by atoms with Crippen LogP contribution >= 0.6 is 0 Å². The van der Waals surface area contributed by atoms with Crippen molar-refractivity contribution in [2.24, 2.45) is 17.6 Å². The molecule has 0 aromatic heterocycles. The second-order valence-corrected chi connectivity index (χ2v) is 22.4. The van der Waals surface area contributed by atoms with Crippen molar-refractivity contribution in [1.82, 2.24) is 58.5 Å². The van der Waals surface area contributed by atoms with Crippen LogP contribution < -0.4 is 64.2 Å². The maximum Gasteiger partial charge on any atom is 0.408 e. The molecule has 0 aliphatic heterocycles. The highest BCUT2D eigenvalue weighted by atomic mass is 16.6. The van der Waals surface area contributed by atoms with E-state index in [9.17, 15) is 68.1 Å². The van der Waals surface area contributed by atoms with Crippen molar-refractivity contribution in [3.8, 4) is 0 Å². The van der Waals surface area contributed by atoms with Gasteiger partial charge in [-0.1, -0.05) is 115 Å². The predicted molar refractivity (Wildman–Crippen MR) is 320 cm³/mol. The first kappa shape index (κ1) is 75.5. The SMILES string of the molecule is CCCC[C@H](NC(=O)[C@@H](NC(=O)[C@@H](NC(=O)OCc1ccccc1)[C@H](NC(=O)OC(C)(C)C)c1ccccc1)[C@H](O)C(C)C)C(=O)N[C@H](CCCNC(=N)N)C(=O)N[C@H](C(=O)N[C@H](C(=O)NCC(=O)N[C@@H](C)C(=O)N[C@@H](CO)C(=O)O)[C@H](C)O)[C@@H](C)CC. The van der Waals surface area contributed by atoms with Gasteiger partial charge >= 0.3 is 18.2 Å². The van der Waals surface area contributed by atoms with Crippen LogP contribution in [-0.2, 0) is 59.2 Å². The standard InChI is InChI=1S/C58H91N13O17/c1-11-13-25-37(65-53(82)45(46(75)31(3)4)69-52(81)44(71-56(85)87-30-35-21-16-14-17-22-35)43(36-23-18-15-19-24-36)70-57(86)88-58(8,9)10)48(77)64-38(26-20-27-61-55(59)60)49(78)67-41(32(5)12-2)51(80)68-42(34(7)73)50(79)62-28-40(74)63-33(6)47(76)66-39(29-72)54(83)84/h14-19,21-24,31-34,37-39,41-46,72-73,75H,11-13,20,25-30H2,1-10H3,(H,62,79)(H,63,74)(H,64,77)(H,65,82)(H,66,76)(H,67,78)(H,68,80)(H,69,81)(H,70,86)(H,71,85)(H,83,84)(H4,59,60,61)/t32-,33-,34-,37-,38+,39-,41-,42-,43+,44-,45-,46+/m0/s1. The van der Waals surface area contributed by atoms with Crippen LogP contribution in [0.4, 0.5) is 9.59 Å². The largest absolute Gasteiger partial charge is 0.480 e. The maximum absolute atomic E-state index is 14.8. The van der Waals surface area contributed by atoms with E-state index in [1.54, 1.807) is 109 Å². The summed E-state index contributed by atoms with van der Waals surface area (Å²) in [5.74, 6) is -11.3. The Morgan fingerprint density at radius 2 is 1.11 bits per heavy atom. The van der Waals surface area contributed by atoms with Crippen molar-refractivity contribution in [2.75, 3.05) is 19.7 Å². The molecule has 2 aromatic carbocycles. The second kappa shape index (κ2) is 37.8. The maximum atomic E-state index is 14.8. The molecular formula is C58H91N13O17. The Morgan fingerprint density at radius 1 is 0.591 bits per heavy atom. The van der Waals surface area contributed by atoms with Crippen LogP contribution in [0.25, 0.3) is 0 Å². The van der Waals surface area contributed by atoms with Crippen molar-refractivity contribution in [3.63, 3.8) is 0 Å². The third kappa shape index (κ3) is 27.0. The minimum absolute atomic E-state index is 0.0396. The van der Waals surface area contributed by atoms with Gasteiger partial charge in [-0.2, -0.15) is 0 Å². The number of hydrogen-bond acceptors (Lipinski definition) is 17. The number of benzene rings is 2. The van der Waals surface area contributed by atoms with Gasteiger partial charge in [0.2, 0.25) is 47.3 Å². The molecule has 0 heterocycles. The third-order valence-electron chi connectivity index (χ3n) is 13.5. The Bertz CT molecular complexity index is 2640. The topological polar surface area (TPSA) is 469 Å². The molecule has 88 heavy (non-hydrogen) atoms. The zero-order chi connectivity index (χ0) is 66.4. The summed E-state index contributed by atoms with van der Waals surface area (Å²) in [7, 11) is 0. The fourth-order valence-electron chi connectivity index (χ4n) is 8.31. The van der Waals surface area contributed by atoms with Crippen LogP contribution in [0, 0.1) is 17.2 Å². The molecule has 0 aliphatic rings. The lowest BCUT2D eigenvalue weighted by Crippen LogP contribution is -2.63. The quantitative estimate of drug-likeness (QED) is 0.0222. The Balaban J connectivity index is 2.53. The molecule has 12 atom stereocenters. The van der Waals surface area contributed by atoms with E-state index >= 15 is 0 Å². The fraction of sp³-hybridized carbons (Fsp3) is 0.586. The number of aliphatic hydroxyl groups is 3. The van der Waals surface area contributed by atoms with Crippen LogP contribution in [0.2, 0.25) is 0 Å². The highest BCUT2D eigenvalue weighted by Gasteiger charge is 2.41. The number of guanidine groups is 1. The minimum Gasteiger partial charge on any atom is -0.480 e. The molecule has 0 spiro atoms. The summed E-state index contributed by atoms with van der Waals surface area (Å²) >= 11 is 0. The van der Waals surface area contributed by atoms with Gasteiger partial charge in [0, 0.05) is 6.54 Å². The average Bonchev–Trinajstić information content (AvgIpc) is 3.51. The van der Waals surface area contributed by atoms with E-state index in [4.69, 9.17) is 25.7 Å². The van der Waals surface area contributed by atoms with Crippen LogP contribution in [0.15, 0.2) is 60.7 Å². The van der Waals surface area contributed by atoms with Crippen LogP contribution in [0.3, 0.4) is 0 Å². The van der Waals surface area contributed by atoms with Crippen molar-refractivity contribution in [1.29, 1.82) is 5.41 Å². The van der Waals surface area contributed by atoms with E-state index in [0.717, 1.165) is 6.92 Å². The summed E-state index contributed by atoms with van der Waals surface area (Å²) in [5, 5.41) is 75.3. The number of alkyl carbamates (subject to hydrolysis) is 2. The molecule has 0 aliphatic carbocycles. The molecular weight excluding hydrogens is 1150 g/mol. The molecule has 490 valence electrons. The molecule has 30 nitrogen and oxygen atoms in total. The number of ether oxygens (including phenoxy) is 2. The van der Waals surface area contributed by atoms with Crippen LogP contribution in [0.1, 0.15) is 125 Å². The van der Waals surface area contributed by atoms with E-state index in [0.29, 0.717) is 24.0 Å². The zero-order valence-electron chi connectivity index (χ0n) is 51.5. The van der Waals surface area contributed by atoms with Crippen molar-refractivity contribution in [2.45, 2.75) is 187 Å². The lowest BCUT2D eigenvalue weighted by Gasteiger charge is -2.33. The molecule has 0 saturated carbocycles. The number of carboxylic acids is 1. The highest BCUT2D eigenvalue weighted by molar-refractivity contribution is 5.98. The van der Waals surface area contributed by atoms with Gasteiger partial charge in [0.05, 0.1) is 31.4 Å². The average molecular weight is 1240 g/mol. The van der Waals surface area contributed by atoms with E-state index in [1.165, 1.54) is 6.92 Å². The van der Waals surface area contributed by atoms with Gasteiger partial charge < -0.3 is 94.1 Å². The molecule has 10 amide bonds. The predicted octanol–water partition coefficient (Wildman–Crippen LogP) is -0.949. The molecule has 18 N–H and O–H groups in total.